The number of halogens is 2. The van der Waals surface area contributed by atoms with Gasteiger partial charge in [0.05, 0.1) is 23.0 Å². The molecular formula is C12H9ClFNO. The van der Waals surface area contributed by atoms with Crippen molar-refractivity contribution in [2.45, 2.75) is 6.61 Å². The Hall–Kier alpha value is -1.45. The van der Waals surface area contributed by atoms with E-state index in [2.05, 4.69) is 4.98 Å². The van der Waals surface area contributed by atoms with Crippen LogP contribution in [0.5, 0.6) is 0 Å². The van der Waals surface area contributed by atoms with E-state index in [1.54, 1.807) is 24.3 Å². The van der Waals surface area contributed by atoms with E-state index < -0.39 is 0 Å². The highest BCUT2D eigenvalue weighted by atomic mass is 35.5. The Kier molecular flexibility index (Phi) is 3.17. The lowest BCUT2D eigenvalue weighted by molar-refractivity contribution is 0.277. The molecule has 1 aromatic carbocycles. The van der Waals surface area contributed by atoms with Crippen molar-refractivity contribution >= 4 is 11.6 Å². The van der Waals surface area contributed by atoms with Crippen molar-refractivity contribution in [3.05, 3.63) is 52.9 Å². The third-order valence-electron chi connectivity index (χ3n) is 2.18. The predicted molar refractivity (Wildman–Crippen MR) is 60.6 cm³/mol. The van der Waals surface area contributed by atoms with Gasteiger partial charge in [-0.15, -0.1) is 0 Å². The first kappa shape index (κ1) is 11.0. The molecule has 2 aromatic rings. The number of hydrogen-bond donors (Lipinski definition) is 1. The minimum Gasteiger partial charge on any atom is -0.390 e. The van der Waals surface area contributed by atoms with Crippen molar-refractivity contribution in [1.82, 2.24) is 4.98 Å². The van der Waals surface area contributed by atoms with Gasteiger partial charge in [0.15, 0.2) is 0 Å². The summed E-state index contributed by atoms with van der Waals surface area (Å²) in [7, 11) is 0. The van der Waals surface area contributed by atoms with Gasteiger partial charge in [-0.1, -0.05) is 11.6 Å². The van der Waals surface area contributed by atoms with Crippen LogP contribution in [0.3, 0.4) is 0 Å². The molecule has 0 saturated heterocycles. The van der Waals surface area contributed by atoms with Gasteiger partial charge < -0.3 is 5.11 Å². The van der Waals surface area contributed by atoms with Crippen LogP contribution in [0.1, 0.15) is 5.69 Å². The van der Waals surface area contributed by atoms with E-state index in [0.29, 0.717) is 16.4 Å². The molecule has 2 rings (SSSR count). The van der Waals surface area contributed by atoms with Crippen LogP contribution in [0.15, 0.2) is 36.4 Å². The van der Waals surface area contributed by atoms with Gasteiger partial charge in [-0.2, -0.15) is 0 Å². The summed E-state index contributed by atoms with van der Waals surface area (Å²) in [6.45, 7) is -0.147. The molecule has 0 saturated carbocycles. The van der Waals surface area contributed by atoms with Gasteiger partial charge in [0.1, 0.15) is 5.82 Å². The van der Waals surface area contributed by atoms with Crippen LogP contribution in [-0.2, 0) is 6.61 Å². The maximum absolute atomic E-state index is 12.8. The molecule has 82 valence electrons. The minimum atomic E-state index is -0.307. The zero-order valence-corrected chi connectivity index (χ0v) is 9.08. The van der Waals surface area contributed by atoms with Crippen molar-refractivity contribution < 1.29 is 9.50 Å². The normalized spacial score (nSPS) is 10.4. The molecule has 0 fully saturated rings. The van der Waals surface area contributed by atoms with Gasteiger partial charge in [-0.3, -0.25) is 0 Å². The molecule has 0 unspecified atom stereocenters. The molecular weight excluding hydrogens is 229 g/mol. The molecule has 1 aromatic heterocycles. The van der Waals surface area contributed by atoms with Crippen LogP contribution in [0.25, 0.3) is 11.3 Å². The molecule has 0 bridgehead atoms. The van der Waals surface area contributed by atoms with E-state index in [4.69, 9.17) is 16.7 Å². The summed E-state index contributed by atoms with van der Waals surface area (Å²) in [4.78, 5) is 4.19. The number of aromatic nitrogens is 1. The molecule has 2 nitrogen and oxygen atoms in total. The quantitative estimate of drug-likeness (QED) is 0.871. The van der Waals surface area contributed by atoms with Gasteiger partial charge >= 0.3 is 0 Å². The van der Waals surface area contributed by atoms with Gasteiger partial charge in [-0.05, 0) is 36.4 Å². The fourth-order valence-electron chi connectivity index (χ4n) is 1.38. The summed E-state index contributed by atoms with van der Waals surface area (Å²) in [5.74, 6) is -0.307. The van der Waals surface area contributed by atoms with Gasteiger partial charge in [-0.25, -0.2) is 9.37 Å². The molecule has 0 atom stereocenters. The Bertz CT molecular complexity index is 499. The Balaban J connectivity index is 2.50. The molecule has 0 radical (unpaired) electrons. The fourth-order valence-corrected chi connectivity index (χ4v) is 1.60. The Morgan fingerprint density at radius 2 is 1.81 bits per heavy atom. The van der Waals surface area contributed by atoms with E-state index >= 15 is 0 Å². The summed E-state index contributed by atoms with van der Waals surface area (Å²) in [5.41, 5.74) is 1.80. The SMILES string of the molecule is OCc1ccc(Cl)c(-c2ccc(F)cc2)n1. The van der Waals surface area contributed by atoms with Crippen LogP contribution in [0, 0.1) is 5.82 Å². The Morgan fingerprint density at radius 1 is 1.12 bits per heavy atom. The zero-order valence-electron chi connectivity index (χ0n) is 8.32. The van der Waals surface area contributed by atoms with E-state index in [0.717, 1.165) is 5.56 Å². The third-order valence-corrected chi connectivity index (χ3v) is 2.49. The zero-order chi connectivity index (χ0) is 11.5. The monoisotopic (exact) mass is 237 g/mol. The second kappa shape index (κ2) is 4.60. The average molecular weight is 238 g/mol. The van der Waals surface area contributed by atoms with Crippen LogP contribution >= 0.6 is 11.6 Å². The molecule has 1 N–H and O–H groups in total. The first-order valence-corrected chi connectivity index (χ1v) is 5.10. The average Bonchev–Trinajstić information content (AvgIpc) is 2.31. The first-order chi connectivity index (χ1) is 7.70. The topological polar surface area (TPSA) is 33.1 Å². The maximum atomic E-state index is 12.8. The summed E-state index contributed by atoms with van der Waals surface area (Å²) in [6.07, 6.45) is 0. The van der Waals surface area contributed by atoms with E-state index in [1.165, 1.54) is 12.1 Å². The number of pyridine rings is 1. The minimum absolute atomic E-state index is 0.147. The summed E-state index contributed by atoms with van der Waals surface area (Å²) < 4.78 is 12.8. The van der Waals surface area contributed by atoms with E-state index in [9.17, 15) is 4.39 Å². The second-order valence-electron chi connectivity index (χ2n) is 3.30. The lowest BCUT2D eigenvalue weighted by Gasteiger charge is -2.05. The maximum Gasteiger partial charge on any atom is 0.123 e. The number of nitrogens with zero attached hydrogens (tertiary/aromatic N) is 1. The molecule has 4 heteroatoms. The molecule has 0 aliphatic heterocycles. The standard InChI is InChI=1S/C12H9ClFNO/c13-11-6-5-10(7-16)15-12(11)8-1-3-9(14)4-2-8/h1-6,16H,7H2. The highest BCUT2D eigenvalue weighted by molar-refractivity contribution is 6.33. The van der Waals surface area contributed by atoms with Crippen molar-refractivity contribution in [2.75, 3.05) is 0 Å². The van der Waals surface area contributed by atoms with Gasteiger partial charge in [0.2, 0.25) is 0 Å². The first-order valence-electron chi connectivity index (χ1n) is 4.73. The number of rotatable bonds is 2. The number of aliphatic hydroxyl groups is 1. The Morgan fingerprint density at radius 3 is 2.44 bits per heavy atom. The number of aliphatic hydroxyl groups excluding tert-OH is 1. The number of benzene rings is 1. The largest absolute Gasteiger partial charge is 0.390 e. The third kappa shape index (κ3) is 2.21. The van der Waals surface area contributed by atoms with Crippen LogP contribution in [0.2, 0.25) is 5.02 Å². The number of hydrogen-bond acceptors (Lipinski definition) is 2. The van der Waals surface area contributed by atoms with Crippen LogP contribution < -0.4 is 0 Å². The molecule has 0 spiro atoms. The Labute approximate surface area is 97.3 Å². The second-order valence-corrected chi connectivity index (χ2v) is 3.71. The summed E-state index contributed by atoms with van der Waals surface area (Å²) in [6, 6.07) is 9.21. The molecule has 0 aliphatic rings. The lowest BCUT2D eigenvalue weighted by atomic mass is 10.1. The van der Waals surface area contributed by atoms with Gasteiger partial charge in [0, 0.05) is 5.56 Å². The van der Waals surface area contributed by atoms with Crippen LogP contribution in [-0.4, -0.2) is 10.1 Å². The highest BCUT2D eigenvalue weighted by Crippen LogP contribution is 2.26. The molecule has 0 aliphatic carbocycles. The van der Waals surface area contributed by atoms with Gasteiger partial charge in [0.25, 0.3) is 0 Å². The molecule has 1 heterocycles. The molecule has 0 amide bonds. The predicted octanol–water partition coefficient (Wildman–Crippen LogP) is 3.03. The van der Waals surface area contributed by atoms with Crippen LogP contribution in [0.4, 0.5) is 4.39 Å². The summed E-state index contributed by atoms with van der Waals surface area (Å²) >= 11 is 5.99. The molecule has 16 heavy (non-hydrogen) atoms. The van der Waals surface area contributed by atoms with E-state index in [-0.39, 0.29) is 12.4 Å². The smallest absolute Gasteiger partial charge is 0.123 e. The highest BCUT2D eigenvalue weighted by Gasteiger charge is 2.06. The van der Waals surface area contributed by atoms with Crippen molar-refractivity contribution in [3.8, 4) is 11.3 Å². The lowest BCUT2D eigenvalue weighted by Crippen LogP contribution is -1.92. The van der Waals surface area contributed by atoms with Crippen molar-refractivity contribution in [1.29, 1.82) is 0 Å². The van der Waals surface area contributed by atoms with Crippen molar-refractivity contribution in [2.24, 2.45) is 0 Å². The summed E-state index contributed by atoms with van der Waals surface area (Å²) in [5, 5.41) is 9.45. The fraction of sp³-hybridized carbons (Fsp3) is 0.0833. The van der Waals surface area contributed by atoms with Crippen molar-refractivity contribution in [3.63, 3.8) is 0 Å². The van der Waals surface area contributed by atoms with E-state index in [1.807, 2.05) is 0 Å².